The molecular formula is C32H47F6N7O. The lowest BCUT2D eigenvalue weighted by Gasteiger charge is -2.28. The van der Waals surface area contributed by atoms with Crippen molar-refractivity contribution in [3.05, 3.63) is 57.6 Å². The van der Waals surface area contributed by atoms with Gasteiger partial charge in [0.1, 0.15) is 5.82 Å². The number of allylic oxidation sites excluding steroid dienone is 4. The van der Waals surface area contributed by atoms with Crippen LogP contribution in [0.2, 0.25) is 0 Å². The average Bonchev–Trinajstić information content (AvgIpc) is 3.12. The summed E-state index contributed by atoms with van der Waals surface area (Å²) in [6.45, 7) is 8.64. The highest BCUT2D eigenvalue weighted by atomic mass is 19.4. The zero-order valence-corrected chi connectivity index (χ0v) is 27.6. The highest BCUT2D eigenvalue weighted by Gasteiger charge is 2.35. The Balaban J connectivity index is 2.66. The molecule has 0 radical (unpaired) electrons. The van der Waals surface area contributed by atoms with Crippen LogP contribution in [0, 0.1) is 11.8 Å². The highest BCUT2D eigenvalue weighted by molar-refractivity contribution is 5.78. The number of hydrazine groups is 1. The summed E-state index contributed by atoms with van der Waals surface area (Å²) < 4.78 is 86.1. The summed E-state index contributed by atoms with van der Waals surface area (Å²) in [6.07, 6.45) is -0.895. The molecule has 8 nitrogen and oxygen atoms in total. The van der Waals surface area contributed by atoms with Crippen molar-refractivity contribution in [1.82, 2.24) is 15.0 Å². The SMILES string of the molecule is COCCN(N)/N=C(\N)N(CCc1cc2c(nc1N(C)CC(C)C)=C(C)CC=CC=2)CC(=C/C(C)C(F)(F)F)/C=C(\C)C(F)(F)F. The Morgan fingerprint density at radius 3 is 2.41 bits per heavy atom. The van der Waals surface area contributed by atoms with Gasteiger partial charge in [-0.3, -0.25) is 0 Å². The maximum absolute atomic E-state index is 13.5. The zero-order valence-electron chi connectivity index (χ0n) is 27.6. The van der Waals surface area contributed by atoms with Crippen LogP contribution >= 0.6 is 0 Å². The van der Waals surface area contributed by atoms with Crippen LogP contribution in [-0.4, -0.2) is 80.3 Å². The van der Waals surface area contributed by atoms with Crippen molar-refractivity contribution in [1.29, 1.82) is 0 Å². The van der Waals surface area contributed by atoms with Gasteiger partial charge in [-0.05, 0) is 61.5 Å². The van der Waals surface area contributed by atoms with Crippen molar-refractivity contribution in [2.75, 3.05) is 51.8 Å². The van der Waals surface area contributed by atoms with Crippen LogP contribution < -0.4 is 27.0 Å². The van der Waals surface area contributed by atoms with Crippen LogP contribution in [0.25, 0.3) is 11.6 Å². The third kappa shape index (κ3) is 12.0. The molecule has 1 atom stereocenters. The first-order valence-electron chi connectivity index (χ1n) is 15.0. The Labute approximate surface area is 267 Å². The molecule has 0 spiro atoms. The van der Waals surface area contributed by atoms with Gasteiger partial charge in [-0.1, -0.05) is 45.1 Å². The van der Waals surface area contributed by atoms with E-state index in [2.05, 4.69) is 18.9 Å². The summed E-state index contributed by atoms with van der Waals surface area (Å²) in [6, 6.07) is 2.02. The molecule has 0 amide bonds. The minimum Gasteiger partial charge on any atom is -0.383 e. The largest absolute Gasteiger partial charge is 0.412 e. The number of guanidine groups is 1. The van der Waals surface area contributed by atoms with Gasteiger partial charge in [-0.25, -0.2) is 15.9 Å². The summed E-state index contributed by atoms with van der Waals surface area (Å²) in [5.41, 5.74) is 6.99. The predicted octanol–water partition coefficient (Wildman–Crippen LogP) is 4.61. The maximum Gasteiger partial charge on any atom is 0.412 e. The first-order chi connectivity index (χ1) is 21.3. The number of rotatable bonds is 14. The van der Waals surface area contributed by atoms with Crippen molar-refractivity contribution in [2.45, 2.75) is 59.8 Å². The minimum atomic E-state index is -4.73. The Kier molecular flexibility index (Phi) is 14.2. The van der Waals surface area contributed by atoms with Crippen LogP contribution in [0.15, 0.2) is 46.6 Å². The molecule has 0 saturated heterocycles. The molecule has 0 fully saturated rings. The second-order valence-corrected chi connectivity index (χ2v) is 11.9. The van der Waals surface area contributed by atoms with Gasteiger partial charge in [0.2, 0.25) is 5.96 Å². The second-order valence-electron chi connectivity index (χ2n) is 11.9. The molecule has 0 aromatic carbocycles. The second kappa shape index (κ2) is 16.9. The van der Waals surface area contributed by atoms with Crippen molar-refractivity contribution in [3.8, 4) is 0 Å². The molecule has 2 rings (SSSR count). The molecule has 1 aliphatic carbocycles. The molecule has 1 aromatic rings. The standard InChI is InChI=1S/C32H47F6N7O/c1-21(2)19-43(6)29-27(18-26-11-9-8-10-22(3)28(26)41-29)12-13-44(30(39)42-45(40)14-15-46-7)20-25(16-23(4)31(33,34)35)17-24(5)32(36,37)38/h8-9,11,16-18,21,23H,10,12-15,19-20,40H2,1-7H3,(H2,39,42)/b24-17+,25-16+. The summed E-state index contributed by atoms with van der Waals surface area (Å²) in [5, 5.41) is 6.93. The van der Waals surface area contributed by atoms with E-state index in [4.69, 9.17) is 21.3 Å². The average molecular weight is 660 g/mol. The number of pyridine rings is 1. The Morgan fingerprint density at radius 2 is 1.83 bits per heavy atom. The van der Waals surface area contributed by atoms with E-state index in [0.717, 1.165) is 59.0 Å². The van der Waals surface area contributed by atoms with Gasteiger partial charge >= 0.3 is 12.4 Å². The van der Waals surface area contributed by atoms with Crippen LogP contribution in [0.1, 0.15) is 46.6 Å². The number of nitrogens with zero attached hydrogens (tertiary/aromatic N) is 5. The Hall–Kier alpha value is -3.52. The lowest BCUT2D eigenvalue weighted by Crippen LogP contribution is -2.43. The molecule has 0 saturated carbocycles. The number of ether oxygens (including phenoxy) is 1. The first kappa shape index (κ1) is 38.7. The van der Waals surface area contributed by atoms with Gasteiger partial charge in [0.15, 0.2) is 0 Å². The topological polar surface area (TPSA) is 96.2 Å². The van der Waals surface area contributed by atoms with E-state index in [1.807, 2.05) is 43.2 Å². The molecule has 1 aliphatic rings. The number of halogens is 6. The van der Waals surface area contributed by atoms with E-state index >= 15 is 0 Å². The molecule has 1 aromatic heterocycles. The quantitative estimate of drug-likeness (QED) is 0.0752. The number of alkyl halides is 6. The third-order valence-corrected chi connectivity index (χ3v) is 7.28. The predicted molar refractivity (Wildman–Crippen MR) is 172 cm³/mol. The summed E-state index contributed by atoms with van der Waals surface area (Å²) in [4.78, 5) is 8.50. The lowest BCUT2D eigenvalue weighted by atomic mass is 10.0. The van der Waals surface area contributed by atoms with Gasteiger partial charge in [0.25, 0.3) is 0 Å². The number of anilines is 1. The molecule has 46 heavy (non-hydrogen) atoms. The summed E-state index contributed by atoms with van der Waals surface area (Å²) in [7, 11) is 3.41. The number of aromatic nitrogens is 1. The monoisotopic (exact) mass is 659 g/mol. The number of nitrogens with two attached hydrogens (primary N) is 2. The van der Waals surface area contributed by atoms with Crippen molar-refractivity contribution in [3.63, 3.8) is 0 Å². The Bertz CT molecular complexity index is 1410. The van der Waals surface area contributed by atoms with Crippen molar-refractivity contribution < 1.29 is 31.1 Å². The molecule has 0 bridgehead atoms. The van der Waals surface area contributed by atoms with Crippen LogP contribution in [-0.2, 0) is 11.2 Å². The van der Waals surface area contributed by atoms with E-state index in [1.54, 1.807) is 0 Å². The molecule has 1 unspecified atom stereocenters. The zero-order chi connectivity index (χ0) is 34.8. The molecular weight excluding hydrogens is 612 g/mol. The molecule has 1 heterocycles. The number of hydrazone groups is 1. The van der Waals surface area contributed by atoms with Gasteiger partial charge in [0.05, 0.1) is 24.4 Å². The van der Waals surface area contributed by atoms with E-state index in [0.29, 0.717) is 25.0 Å². The number of hydrogen-bond acceptors (Lipinski definition) is 6. The smallest absolute Gasteiger partial charge is 0.383 e. The van der Waals surface area contributed by atoms with E-state index in [9.17, 15) is 26.3 Å². The van der Waals surface area contributed by atoms with E-state index in [1.165, 1.54) is 12.0 Å². The summed E-state index contributed by atoms with van der Waals surface area (Å²) >= 11 is 0. The van der Waals surface area contributed by atoms with Crippen molar-refractivity contribution in [2.24, 2.45) is 28.5 Å². The van der Waals surface area contributed by atoms with Gasteiger partial charge < -0.3 is 20.3 Å². The molecule has 14 heteroatoms. The maximum atomic E-state index is 13.5. The third-order valence-electron chi connectivity index (χ3n) is 7.28. The van der Waals surface area contributed by atoms with E-state index in [-0.39, 0.29) is 31.2 Å². The Morgan fingerprint density at radius 1 is 1.15 bits per heavy atom. The number of fused-ring (bicyclic) bond motifs is 1. The molecule has 0 aliphatic heterocycles. The number of hydrogen-bond donors (Lipinski definition) is 2. The van der Waals surface area contributed by atoms with Crippen LogP contribution in [0.3, 0.4) is 0 Å². The fourth-order valence-corrected chi connectivity index (χ4v) is 4.80. The minimum absolute atomic E-state index is 0.0889. The number of methoxy groups -OCH3 is 1. The molecule has 4 N–H and O–H groups in total. The lowest BCUT2D eigenvalue weighted by molar-refractivity contribution is -0.156. The first-order valence-corrected chi connectivity index (χ1v) is 15.0. The van der Waals surface area contributed by atoms with Crippen LogP contribution in [0.5, 0.6) is 0 Å². The van der Waals surface area contributed by atoms with E-state index < -0.39 is 30.4 Å². The fourth-order valence-electron chi connectivity index (χ4n) is 4.80. The normalized spacial score (nSPS) is 15.5. The highest BCUT2D eigenvalue weighted by Crippen LogP contribution is 2.30. The van der Waals surface area contributed by atoms with Crippen molar-refractivity contribution >= 4 is 23.4 Å². The van der Waals surface area contributed by atoms with Gasteiger partial charge in [-0.15, -0.1) is 5.10 Å². The fraction of sp³-hybridized carbons (Fsp3) is 0.562. The summed E-state index contributed by atoms with van der Waals surface area (Å²) in [5.74, 6) is 4.79. The molecule has 258 valence electrons. The van der Waals surface area contributed by atoms with Gasteiger partial charge in [0, 0.05) is 44.6 Å². The van der Waals surface area contributed by atoms with Crippen LogP contribution in [0.4, 0.5) is 32.2 Å². The van der Waals surface area contributed by atoms with Gasteiger partial charge in [-0.2, -0.15) is 26.3 Å².